The Morgan fingerprint density at radius 3 is 2.44 bits per heavy atom. The topological polar surface area (TPSA) is 106 Å². The van der Waals surface area contributed by atoms with E-state index in [9.17, 15) is 31.9 Å². The van der Waals surface area contributed by atoms with Gasteiger partial charge in [0, 0.05) is 24.3 Å². The number of anilines is 1. The first-order valence-electron chi connectivity index (χ1n) is 12.2. The third-order valence-electron chi connectivity index (χ3n) is 6.90. The summed E-state index contributed by atoms with van der Waals surface area (Å²) in [5.74, 6) is -1.28. The lowest BCUT2D eigenvalue weighted by molar-refractivity contribution is -0.137. The van der Waals surface area contributed by atoms with E-state index in [1.807, 2.05) is 6.92 Å². The smallest absolute Gasteiger partial charge is 0.416 e. The van der Waals surface area contributed by atoms with Gasteiger partial charge in [0.25, 0.3) is 6.43 Å². The van der Waals surface area contributed by atoms with Crippen molar-refractivity contribution in [3.05, 3.63) is 65.1 Å². The molecule has 1 aliphatic rings. The van der Waals surface area contributed by atoms with Crippen molar-refractivity contribution >= 4 is 23.0 Å². The Morgan fingerprint density at radius 2 is 1.85 bits per heavy atom. The van der Waals surface area contributed by atoms with Gasteiger partial charge >= 0.3 is 12.1 Å². The molecule has 0 spiro atoms. The van der Waals surface area contributed by atoms with Crippen LogP contribution < -0.4 is 5.32 Å². The van der Waals surface area contributed by atoms with Crippen molar-refractivity contribution in [1.82, 2.24) is 24.5 Å². The van der Waals surface area contributed by atoms with Crippen LogP contribution in [-0.4, -0.2) is 41.6 Å². The first-order chi connectivity index (χ1) is 18.5. The molecule has 1 saturated carbocycles. The molecule has 1 atom stereocenters. The summed E-state index contributed by atoms with van der Waals surface area (Å²) >= 11 is 0. The van der Waals surface area contributed by atoms with Gasteiger partial charge < -0.3 is 15.0 Å². The highest BCUT2D eigenvalue weighted by atomic mass is 19.4. The standard InChI is InChI=1S/C26H23F5N6O2/c1-13(15-3-2-4-15)33-21-19-22(35-23(34-21)25(38)39)36-24(18-11-16(20(27)28)9-10-32-18)37(19)12-14-5-7-17(8-6-14)26(29,30)31/h5-11,13,15,20H,2-4,12H2,1H3,(H,38,39)(H,33,34,35)/t13-/m1/s1. The minimum Gasteiger partial charge on any atom is -0.475 e. The fraction of sp³-hybridized carbons (Fsp3) is 0.346. The van der Waals surface area contributed by atoms with Gasteiger partial charge in [-0.15, -0.1) is 0 Å². The quantitative estimate of drug-likeness (QED) is 0.254. The summed E-state index contributed by atoms with van der Waals surface area (Å²) in [6, 6.07) is 6.74. The number of carboxylic acids is 1. The second-order valence-corrected chi connectivity index (χ2v) is 9.49. The number of carboxylic acid groups (broad SMARTS) is 1. The summed E-state index contributed by atoms with van der Waals surface area (Å²) in [6.07, 6.45) is -3.02. The number of nitrogens with zero attached hydrogens (tertiary/aromatic N) is 5. The molecule has 39 heavy (non-hydrogen) atoms. The number of alkyl halides is 5. The lowest BCUT2D eigenvalue weighted by atomic mass is 9.80. The molecule has 0 saturated heterocycles. The average molecular weight is 546 g/mol. The predicted molar refractivity (Wildman–Crippen MR) is 131 cm³/mol. The number of imidazole rings is 1. The number of fused-ring (bicyclic) bond motifs is 1. The van der Waals surface area contributed by atoms with Crippen LogP contribution in [0.1, 0.15) is 59.9 Å². The molecular weight excluding hydrogens is 523 g/mol. The number of rotatable bonds is 8. The van der Waals surface area contributed by atoms with Crippen LogP contribution in [-0.2, 0) is 12.7 Å². The summed E-state index contributed by atoms with van der Waals surface area (Å²) in [4.78, 5) is 28.7. The molecule has 204 valence electrons. The molecule has 4 aromatic rings. The van der Waals surface area contributed by atoms with Gasteiger partial charge in [-0.2, -0.15) is 13.2 Å². The molecule has 5 rings (SSSR count). The van der Waals surface area contributed by atoms with Gasteiger partial charge in [0.2, 0.25) is 5.82 Å². The van der Waals surface area contributed by atoms with Crippen LogP contribution in [0.5, 0.6) is 0 Å². The van der Waals surface area contributed by atoms with E-state index in [0.29, 0.717) is 11.5 Å². The molecule has 0 aliphatic heterocycles. The molecule has 1 aromatic carbocycles. The third kappa shape index (κ3) is 5.38. The van der Waals surface area contributed by atoms with Crippen molar-refractivity contribution in [2.24, 2.45) is 5.92 Å². The van der Waals surface area contributed by atoms with E-state index in [-0.39, 0.29) is 46.7 Å². The van der Waals surface area contributed by atoms with Crippen LogP contribution in [0.15, 0.2) is 42.6 Å². The first-order valence-corrected chi connectivity index (χ1v) is 12.2. The van der Waals surface area contributed by atoms with Gasteiger partial charge in [-0.3, -0.25) is 4.98 Å². The Labute approximate surface area is 219 Å². The summed E-state index contributed by atoms with van der Waals surface area (Å²) in [6.45, 7) is 1.91. The molecular formula is C26H23F5N6O2. The second kappa shape index (κ2) is 10.2. The van der Waals surface area contributed by atoms with Gasteiger partial charge in [0.1, 0.15) is 11.2 Å². The van der Waals surface area contributed by atoms with Gasteiger partial charge in [-0.1, -0.05) is 18.6 Å². The van der Waals surface area contributed by atoms with Crippen LogP contribution in [0.25, 0.3) is 22.7 Å². The molecule has 8 nitrogen and oxygen atoms in total. The largest absolute Gasteiger partial charge is 0.475 e. The number of hydrogen-bond donors (Lipinski definition) is 2. The Bertz CT molecular complexity index is 1520. The normalized spacial score (nSPS) is 14.9. The van der Waals surface area contributed by atoms with E-state index < -0.39 is 30.0 Å². The zero-order valence-electron chi connectivity index (χ0n) is 20.6. The summed E-state index contributed by atoms with van der Waals surface area (Å²) < 4.78 is 67.8. The Morgan fingerprint density at radius 1 is 1.13 bits per heavy atom. The van der Waals surface area contributed by atoms with Gasteiger partial charge in [-0.25, -0.2) is 28.5 Å². The van der Waals surface area contributed by atoms with Crippen LogP contribution >= 0.6 is 0 Å². The highest BCUT2D eigenvalue weighted by Crippen LogP contribution is 2.35. The molecule has 3 heterocycles. The summed E-state index contributed by atoms with van der Waals surface area (Å²) in [5, 5.41) is 12.9. The van der Waals surface area contributed by atoms with Gasteiger partial charge in [-0.05, 0) is 55.5 Å². The monoisotopic (exact) mass is 546 g/mol. The van der Waals surface area contributed by atoms with E-state index in [0.717, 1.165) is 43.5 Å². The number of pyridine rings is 1. The van der Waals surface area contributed by atoms with Crippen LogP contribution in [0.2, 0.25) is 0 Å². The van der Waals surface area contributed by atoms with Crippen LogP contribution in [0.4, 0.5) is 27.8 Å². The molecule has 0 unspecified atom stereocenters. The molecule has 3 aromatic heterocycles. The maximum atomic E-state index is 13.5. The molecule has 1 aliphatic carbocycles. The Hall–Kier alpha value is -4.16. The first kappa shape index (κ1) is 26.4. The van der Waals surface area contributed by atoms with Crippen molar-refractivity contribution in [3.8, 4) is 11.5 Å². The third-order valence-corrected chi connectivity index (χ3v) is 6.90. The van der Waals surface area contributed by atoms with Gasteiger partial charge in [0.15, 0.2) is 17.3 Å². The van der Waals surface area contributed by atoms with Crippen molar-refractivity contribution in [1.29, 1.82) is 0 Å². The number of nitrogens with one attached hydrogen (secondary N) is 1. The zero-order valence-corrected chi connectivity index (χ0v) is 20.6. The minimum absolute atomic E-state index is 0.0168. The molecule has 0 amide bonds. The molecule has 2 N–H and O–H groups in total. The lowest BCUT2D eigenvalue weighted by Crippen LogP contribution is -2.31. The fourth-order valence-corrected chi connectivity index (χ4v) is 4.54. The van der Waals surface area contributed by atoms with E-state index >= 15 is 0 Å². The second-order valence-electron chi connectivity index (χ2n) is 9.49. The number of carbonyl (C=O) groups is 1. The number of hydrogen-bond acceptors (Lipinski definition) is 6. The Kier molecular flexibility index (Phi) is 6.91. The average Bonchev–Trinajstić information content (AvgIpc) is 3.21. The molecule has 1 fully saturated rings. The number of aromatic nitrogens is 5. The highest BCUT2D eigenvalue weighted by Gasteiger charge is 2.31. The number of benzene rings is 1. The maximum absolute atomic E-state index is 13.5. The molecule has 0 bridgehead atoms. The van der Waals surface area contributed by atoms with E-state index in [2.05, 4.69) is 25.3 Å². The predicted octanol–water partition coefficient (Wildman–Crippen LogP) is 6.19. The zero-order chi connectivity index (χ0) is 27.9. The lowest BCUT2D eigenvalue weighted by Gasteiger charge is -2.32. The fourth-order valence-electron chi connectivity index (χ4n) is 4.54. The van der Waals surface area contributed by atoms with Crippen LogP contribution in [0, 0.1) is 5.92 Å². The van der Waals surface area contributed by atoms with Crippen molar-refractivity contribution in [2.45, 2.75) is 51.4 Å². The summed E-state index contributed by atoms with van der Waals surface area (Å²) in [5.41, 5.74) is -0.342. The van der Waals surface area contributed by atoms with Gasteiger partial charge in [0.05, 0.1) is 5.56 Å². The highest BCUT2D eigenvalue weighted by molar-refractivity contribution is 5.92. The van der Waals surface area contributed by atoms with Crippen molar-refractivity contribution in [3.63, 3.8) is 0 Å². The minimum atomic E-state index is -4.51. The van der Waals surface area contributed by atoms with Crippen molar-refractivity contribution < 1.29 is 31.9 Å². The number of aromatic carboxylic acids is 1. The molecule has 0 radical (unpaired) electrons. The van der Waals surface area contributed by atoms with Crippen LogP contribution in [0.3, 0.4) is 0 Å². The number of halogens is 5. The van der Waals surface area contributed by atoms with Crippen molar-refractivity contribution in [2.75, 3.05) is 5.32 Å². The molecule has 13 heteroatoms. The van der Waals surface area contributed by atoms with E-state index in [4.69, 9.17) is 0 Å². The maximum Gasteiger partial charge on any atom is 0.416 e. The summed E-state index contributed by atoms with van der Waals surface area (Å²) in [7, 11) is 0. The van der Waals surface area contributed by atoms with E-state index in [1.165, 1.54) is 18.3 Å². The Balaban J connectivity index is 1.69. The van der Waals surface area contributed by atoms with E-state index in [1.54, 1.807) is 4.57 Å². The SMILES string of the molecule is C[C@@H](Nc1nc(C(=O)O)nc2nc(-c3cc(C(F)F)ccn3)n(Cc3ccc(C(F)(F)F)cc3)c12)C1CCC1.